The van der Waals surface area contributed by atoms with Crippen molar-refractivity contribution in [3.63, 3.8) is 0 Å². The second-order valence-corrected chi connectivity index (χ2v) is 6.17. The minimum absolute atomic E-state index is 0.0254. The quantitative estimate of drug-likeness (QED) is 0.729. The average Bonchev–Trinajstić information content (AvgIpc) is 2.53. The standard InChI is InChI=1S/C15H22N2O3S/c1-20-13-4-2-11(3-5-13)14(18)9-17-15(19)8-12-10-21-7-6-16-12/h2-5,12,14,16,18H,6-10H2,1H3,(H,17,19). The Balaban J connectivity index is 1.74. The summed E-state index contributed by atoms with van der Waals surface area (Å²) >= 11 is 1.87. The number of hydrogen-bond donors (Lipinski definition) is 3. The molecule has 1 aliphatic rings. The largest absolute Gasteiger partial charge is 0.497 e. The second kappa shape index (κ2) is 8.26. The number of aliphatic hydroxyl groups excluding tert-OH is 1. The molecule has 1 fully saturated rings. The number of methoxy groups -OCH3 is 1. The number of aliphatic hydroxyl groups is 1. The lowest BCUT2D eigenvalue weighted by molar-refractivity contribution is -0.121. The van der Waals surface area contributed by atoms with E-state index in [1.165, 1.54) is 0 Å². The zero-order valence-electron chi connectivity index (χ0n) is 12.2. The van der Waals surface area contributed by atoms with E-state index in [-0.39, 0.29) is 18.5 Å². The van der Waals surface area contributed by atoms with Crippen LogP contribution in [0.2, 0.25) is 0 Å². The number of thioether (sulfide) groups is 1. The first-order valence-electron chi connectivity index (χ1n) is 7.09. The van der Waals surface area contributed by atoms with Crippen molar-refractivity contribution in [1.82, 2.24) is 10.6 Å². The highest BCUT2D eigenvalue weighted by Gasteiger charge is 2.17. The first-order valence-corrected chi connectivity index (χ1v) is 8.24. The monoisotopic (exact) mass is 310 g/mol. The summed E-state index contributed by atoms with van der Waals surface area (Å²) < 4.78 is 5.07. The van der Waals surface area contributed by atoms with Crippen LogP contribution in [-0.2, 0) is 4.79 Å². The summed E-state index contributed by atoms with van der Waals surface area (Å²) in [5, 5.41) is 16.2. The van der Waals surface area contributed by atoms with Gasteiger partial charge >= 0.3 is 0 Å². The Morgan fingerprint density at radius 1 is 1.52 bits per heavy atom. The normalized spacial score (nSPS) is 19.8. The molecular formula is C15H22N2O3S. The average molecular weight is 310 g/mol. The van der Waals surface area contributed by atoms with Gasteiger partial charge in [0.05, 0.1) is 13.2 Å². The van der Waals surface area contributed by atoms with Crippen molar-refractivity contribution in [3.05, 3.63) is 29.8 Å². The number of rotatable bonds is 6. The van der Waals surface area contributed by atoms with Crippen molar-refractivity contribution in [2.24, 2.45) is 0 Å². The second-order valence-electron chi connectivity index (χ2n) is 5.02. The van der Waals surface area contributed by atoms with Gasteiger partial charge in [-0.2, -0.15) is 11.8 Å². The maximum atomic E-state index is 11.9. The van der Waals surface area contributed by atoms with Crippen molar-refractivity contribution >= 4 is 17.7 Å². The third kappa shape index (κ3) is 5.22. The number of carbonyl (C=O) groups is 1. The molecule has 21 heavy (non-hydrogen) atoms. The molecule has 1 aromatic rings. The van der Waals surface area contributed by atoms with Crippen molar-refractivity contribution in [1.29, 1.82) is 0 Å². The molecule has 6 heteroatoms. The van der Waals surface area contributed by atoms with Gasteiger partial charge in [0.15, 0.2) is 0 Å². The number of carbonyl (C=O) groups excluding carboxylic acids is 1. The van der Waals surface area contributed by atoms with Crippen LogP contribution in [0.15, 0.2) is 24.3 Å². The van der Waals surface area contributed by atoms with E-state index in [1.54, 1.807) is 31.4 Å². The fourth-order valence-corrected chi connectivity index (χ4v) is 3.15. The van der Waals surface area contributed by atoms with E-state index < -0.39 is 6.10 Å². The van der Waals surface area contributed by atoms with Crippen LogP contribution in [-0.4, -0.2) is 48.8 Å². The summed E-state index contributed by atoms with van der Waals surface area (Å²) in [5.74, 6) is 2.79. The Morgan fingerprint density at radius 3 is 2.90 bits per heavy atom. The Hall–Kier alpha value is -1.24. The molecule has 0 radical (unpaired) electrons. The molecule has 0 spiro atoms. The summed E-state index contributed by atoms with van der Waals surface area (Å²) in [7, 11) is 1.60. The molecule has 2 rings (SSSR count). The van der Waals surface area contributed by atoms with E-state index >= 15 is 0 Å². The van der Waals surface area contributed by atoms with Crippen LogP contribution in [0.25, 0.3) is 0 Å². The summed E-state index contributed by atoms with van der Waals surface area (Å²) in [4.78, 5) is 11.9. The zero-order valence-corrected chi connectivity index (χ0v) is 13.0. The summed E-state index contributed by atoms with van der Waals surface area (Å²) in [6.07, 6.45) is -0.240. The summed E-state index contributed by atoms with van der Waals surface area (Å²) in [5.41, 5.74) is 0.766. The Kier molecular flexibility index (Phi) is 6.35. The van der Waals surface area contributed by atoms with Gasteiger partial charge in [-0.1, -0.05) is 12.1 Å². The highest BCUT2D eigenvalue weighted by atomic mass is 32.2. The third-order valence-electron chi connectivity index (χ3n) is 3.42. The van der Waals surface area contributed by atoms with Gasteiger partial charge in [0.1, 0.15) is 5.75 Å². The van der Waals surface area contributed by atoms with E-state index in [0.29, 0.717) is 6.42 Å². The van der Waals surface area contributed by atoms with Crippen molar-refractivity contribution in [3.8, 4) is 5.75 Å². The van der Waals surface area contributed by atoms with Gasteiger partial charge in [-0.3, -0.25) is 4.79 Å². The topological polar surface area (TPSA) is 70.6 Å². The molecule has 116 valence electrons. The number of ether oxygens (including phenoxy) is 1. The molecule has 1 aromatic carbocycles. The van der Waals surface area contributed by atoms with Crippen LogP contribution in [0, 0.1) is 0 Å². The van der Waals surface area contributed by atoms with E-state index in [4.69, 9.17) is 4.74 Å². The molecule has 1 amide bonds. The molecule has 0 bridgehead atoms. The van der Waals surface area contributed by atoms with Gasteiger partial charge in [-0.15, -0.1) is 0 Å². The van der Waals surface area contributed by atoms with Gasteiger partial charge in [0, 0.05) is 37.1 Å². The zero-order chi connectivity index (χ0) is 15.1. The van der Waals surface area contributed by atoms with Crippen LogP contribution in [0.3, 0.4) is 0 Å². The van der Waals surface area contributed by atoms with Gasteiger partial charge in [-0.25, -0.2) is 0 Å². The SMILES string of the molecule is COc1ccc(C(O)CNC(=O)CC2CSCCN2)cc1. The van der Waals surface area contributed by atoms with Gasteiger partial charge < -0.3 is 20.5 Å². The highest BCUT2D eigenvalue weighted by Crippen LogP contribution is 2.17. The molecular weight excluding hydrogens is 288 g/mol. The van der Waals surface area contributed by atoms with Gasteiger partial charge in [0.2, 0.25) is 5.91 Å². The van der Waals surface area contributed by atoms with Crippen LogP contribution in [0.4, 0.5) is 0 Å². The van der Waals surface area contributed by atoms with Crippen LogP contribution >= 0.6 is 11.8 Å². The van der Waals surface area contributed by atoms with Gasteiger partial charge in [0.25, 0.3) is 0 Å². The molecule has 2 unspecified atom stereocenters. The fourth-order valence-electron chi connectivity index (χ4n) is 2.20. The minimum atomic E-state index is -0.700. The maximum Gasteiger partial charge on any atom is 0.221 e. The third-order valence-corrected chi connectivity index (χ3v) is 4.55. The smallest absolute Gasteiger partial charge is 0.221 e. The van der Waals surface area contributed by atoms with E-state index in [9.17, 15) is 9.90 Å². The summed E-state index contributed by atoms with van der Waals surface area (Å²) in [6, 6.07) is 7.43. The lowest BCUT2D eigenvalue weighted by Gasteiger charge is -2.22. The minimum Gasteiger partial charge on any atom is -0.497 e. The number of nitrogens with one attached hydrogen (secondary N) is 2. The predicted molar refractivity (Wildman–Crippen MR) is 84.7 cm³/mol. The Labute approximate surface area is 129 Å². The molecule has 1 heterocycles. The molecule has 3 N–H and O–H groups in total. The van der Waals surface area contributed by atoms with Gasteiger partial charge in [-0.05, 0) is 17.7 Å². The van der Waals surface area contributed by atoms with Crippen LogP contribution in [0.5, 0.6) is 5.75 Å². The number of amides is 1. The molecule has 0 saturated carbocycles. The van der Waals surface area contributed by atoms with E-state index in [2.05, 4.69) is 10.6 Å². The van der Waals surface area contributed by atoms with E-state index in [1.807, 2.05) is 11.8 Å². The number of benzene rings is 1. The molecule has 1 saturated heterocycles. The molecule has 2 atom stereocenters. The lowest BCUT2D eigenvalue weighted by atomic mass is 10.1. The first-order chi connectivity index (χ1) is 10.2. The molecule has 0 aromatic heterocycles. The Morgan fingerprint density at radius 2 is 2.29 bits per heavy atom. The van der Waals surface area contributed by atoms with Crippen molar-refractivity contribution in [2.45, 2.75) is 18.6 Å². The fraction of sp³-hybridized carbons (Fsp3) is 0.533. The molecule has 1 aliphatic heterocycles. The highest BCUT2D eigenvalue weighted by molar-refractivity contribution is 7.99. The molecule has 5 nitrogen and oxygen atoms in total. The molecule has 0 aliphatic carbocycles. The lowest BCUT2D eigenvalue weighted by Crippen LogP contribution is -2.41. The van der Waals surface area contributed by atoms with Crippen molar-refractivity contribution < 1.29 is 14.6 Å². The van der Waals surface area contributed by atoms with Crippen LogP contribution in [0.1, 0.15) is 18.1 Å². The predicted octanol–water partition coefficient (Wildman–Crippen LogP) is 0.940. The number of hydrogen-bond acceptors (Lipinski definition) is 5. The van der Waals surface area contributed by atoms with E-state index in [0.717, 1.165) is 29.4 Å². The van der Waals surface area contributed by atoms with Crippen molar-refractivity contribution in [2.75, 3.05) is 31.7 Å². The Bertz CT molecular complexity index is 447. The summed E-state index contributed by atoms with van der Waals surface area (Å²) in [6.45, 7) is 1.18. The maximum absolute atomic E-state index is 11.9. The first kappa shape index (κ1) is 16.1. The van der Waals surface area contributed by atoms with Crippen LogP contribution < -0.4 is 15.4 Å².